The van der Waals surface area contributed by atoms with Crippen LogP contribution in [-0.4, -0.2) is 33.2 Å². The summed E-state index contributed by atoms with van der Waals surface area (Å²) < 4.78 is 5.24. The number of nitrogens with zero attached hydrogens (tertiary/aromatic N) is 5. The molecule has 1 unspecified atom stereocenters. The Morgan fingerprint density at radius 1 is 1.00 bits per heavy atom. The Morgan fingerprint density at radius 3 is 2.30 bits per heavy atom. The second kappa shape index (κ2) is 10.1. The Labute approximate surface area is 221 Å². The van der Waals surface area contributed by atoms with Crippen molar-refractivity contribution in [1.29, 1.82) is 0 Å². The zero-order valence-electron chi connectivity index (χ0n) is 19.5. The van der Waals surface area contributed by atoms with Crippen LogP contribution in [-0.2, 0) is 9.53 Å². The van der Waals surface area contributed by atoms with Crippen LogP contribution in [0, 0.1) is 10.1 Å². The van der Waals surface area contributed by atoms with Crippen LogP contribution < -0.4 is 10.0 Å². The van der Waals surface area contributed by atoms with Crippen molar-refractivity contribution < 1.29 is 14.5 Å². The number of esters is 1. The van der Waals surface area contributed by atoms with Crippen molar-refractivity contribution in [3.8, 4) is 0 Å². The summed E-state index contributed by atoms with van der Waals surface area (Å²) in [7, 11) is 0. The Hall–Kier alpha value is -4.15. The fourth-order valence-electron chi connectivity index (χ4n) is 3.90. The highest BCUT2D eigenvalue weighted by Gasteiger charge is 2.52. The Balaban J connectivity index is 1.65. The number of allylic oxidation sites excluding steroid dienone is 1. The smallest absolute Gasteiger partial charge is 0.365 e. The summed E-state index contributed by atoms with van der Waals surface area (Å²) in [5.41, 5.74) is 2.76. The number of thioether (sulfide) groups is 1. The third-order valence-electron chi connectivity index (χ3n) is 5.61. The van der Waals surface area contributed by atoms with Crippen LogP contribution in [0.25, 0.3) is 0 Å². The van der Waals surface area contributed by atoms with E-state index in [4.69, 9.17) is 21.4 Å². The number of hydrazone groups is 2. The van der Waals surface area contributed by atoms with Crippen molar-refractivity contribution >= 4 is 57.1 Å². The van der Waals surface area contributed by atoms with Crippen molar-refractivity contribution in [3.63, 3.8) is 0 Å². The average molecular weight is 534 g/mol. The van der Waals surface area contributed by atoms with Gasteiger partial charge >= 0.3 is 5.97 Å². The molecule has 11 heteroatoms. The van der Waals surface area contributed by atoms with Crippen LogP contribution in [0.5, 0.6) is 0 Å². The van der Waals surface area contributed by atoms with Crippen LogP contribution in [0.3, 0.4) is 0 Å². The van der Waals surface area contributed by atoms with Gasteiger partial charge in [0.1, 0.15) is 0 Å². The SMILES string of the molecule is CCOC(=O)C1=NN(c2ccc([N+](=O)[O-])cc2)C2(C=CC(c3ccc(Cl)cc3)=NN2c2ccccc2)S1. The molecule has 0 saturated heterocycles. The summed E-state index contributed by atoms with van der Waals surface area (Å²) in [6, 6.07) is 22.8. The number of nitro groups is 1. The maximum atomic E-state index is 12.8. The molecule has 37 heavy (non-hydrogen) atoms. The maximum Gasteiger partial charge on any atom is 0.365 e. The summed E-state index contributed by atoms with van der Waals surface area (Å²) in [6.45, 7) is 1.92. The normalized spacial score (nSPS) is 18.5. The van der Waals surface area contributed by atoms with E-state index in [-0.39, 0.29) is 17.3 Å². The third-order valence-corrected chi connectivity index (χ3v) is 7.08. The highest BCUT2D eigenvalue weighted by Crippen LogP contribution is 2.48. The maximum absolute atomic E-state index is 12.8. The number of nitro benzene ring substituents is 1. The van der Waals surface area contributed by atoms with Crippen LogP contribution >= 0.6 is 23.4 Å². The fourth-order valence-corrected chi connectivity index (χ4v) is 5.17. The van der Waals surface area contributed by atoms with E-state index < -0.39 is 15.9 Å². The first-order valence-corrected chi connectivity index (χ1v) is 12.5. The number of ether oxygens (including phenoxy) is 1. The van der Waals surface area contributed by atoms with Gasteiger partial charge in [0.25, 0.3) is 5.69 Å². The lowest BCUT2D eigenvalue weighted by Gasteiger charge is -2.43. The predicted octanol–water partition coefficient (Wildman–Crippen LogP) is 5.81. The van der Waals surface area contributed by atoms with Gasteiger partial charge in [-0.1, -0.05) is 41.9 Å². The van der Waals surface area contributed by atoms with Gasteiger partial charge in [-0.3, -0.25) is 10.1 Å². The number of hydrogen-bond donors (Lipinski definition) is 0. The second-order valence-electron chi connectivity index (χ2n) is 7.94. The summed E-state index contributed by atoms with van der Waals surface area (Å²) in [4.78, 5) is 22.4. The molecule has 2 heterocycles. The molecule has 3 aromatic carbocycles. The summed E-state index contributed by atoms with van der Waals surface area (Å²) in [5, 5.41) is 24.9. The molecule has 3 aromatic rings. The minimum Gasteiger partial charge on any atom is -0.461 e. The number of para-hydroxylation sites is 1. The Kier molecular flexibility index (Phi) is 6.68. The van der Waals surface area contributed by atoms with E-state index >= 15 is 0 Å². The number of non-ortho nitro benzene ring substituents is 1. The topological polar surface area (TPSA) is 101 Å². The van der Waals surface area contributed by atoms with Crippen LogP contribution in [0.4, 0.5) is 17.1 Å². The lowest BCUT2D eigenvalue weighted by Crippen LogP contribution is -2.53. The van der Waals surface area contributed by atoms with E-state index in [0.717, 1.165) is 11.3 Å². The molecule has 0 saturated carbocycles. The predicted molar refractivity (Wildman–Crippen MR) is 146 cm³/mol. The highest BCUT2D eigenvalue weighted by atomic mass is 35.5. The molecule has 0 aliphatic carbocycles. The number of halogens is 1. The van der Waals surface area contributed by atoms with Crippen LogP contribution in [0.1, 0.15) is 12.5 Å². The lowest BCUT2D eigenvalue weighted by molar-refractivity contribution is -0.384. The van der Waals surface area contributed by atoms with Crippen molar-refractivity contribution in [2.24, 2.45) is 10.2 Å². The molecule has 1 spiro atoms. The molecular weight excluding hydrogens is 514 g/mol. The molecule has 0 radical (unpaired) electrons. The Bertz CT molecular complexity index is 1430. The number of carbonyl (C=O) groups is 1. The quantitative estimate of drug-likeness (QED) is 0.224. The van der Waals surface area contributed by atoms with E-state index in [1.165, 1.54) is 23.9 Å². The molecule has 186 valence electrons. The van der Waals surface area contributed by atoms with Gasteiger partial charge in [0, 0.05) is 22.7 Å². The zero-order valence-corrected chi connectivity index (χ0v) is 21.1. The van der Waals surface area contributed by atoms with E-state index in [9.17, 15) is 14.9 Å². The summed E-state index contributed by atoms with van der Waals surface area (Å²) in [6.07, 6.45) is 3.76. The average Bonchev–Trinajstić information content (AvgIpc) is 3.30. The summed E-state index contributed by atoms with van der Waals surface area (Å²) >= 11 is 7.26. The molecule has 0 fully saturated rings. The first-order valence-electron chi connectivity index (χ1n) is 11.3. The van der Waals surface area contributed by atoms with Crippen LogP contribution in [0.2, 0.25) is 5.02 Å². The van der Waals surface area contributed by atoms with Gasteiger partial charge in [0.2, 0.25) is 10.0 Å². The number of benzene rings is 3. The Morgan fingerprint density at radius 2 is 1.65 bits per heavy atom. The van der Waals surface area contributed by atoms with E-state index in [1.807, 2.05) is 54.6 Å². The van der Waals surface area contributed by atoms with Gasteiger partial charge in [-0.2, -0.15) is 10.2 Å². The van der Waals surface area contributed by atoms with Gasteiger partial charge in [-0.15, -0.1) is 0 Å². The molecule has 0 N–H and O–H groups in total. The van der Waals surface area contributed by atoms with Gasteiger partial charge in [-0.25, -0.2) is 14.8 Å². The second-order valence-corrected chi connectivity index (χ2v) is 9.57. The molecule has 2 aliphatic rings. The molecule has 0 aromatic heterocycles. The van der Waals surface area contributed by atoms with Crippen LogP contribution in [0.15, 0.2) is 101 Å². The number of anilines is 2. The molecule has 0 bridgehead atoms. The van der Waals surface area contributed by atoms with Gasteiger partial charge < -0.3 is 4.74 Å². The molecule has 5 rings (SSSR count). The van der Waals surface area contributed by atoms with Gasteiger partial charge in [0.15, 0.2) is 0 Å². The van der Waals surface area contributed by atoms with E-state index in [2.05, 4.69) is 5.10 Å². The fraction of sp³-hybridized carbons (Fsp3) is 0.115. The summed E-state index contributed by atoms with van der Waals surface area (Å²) in [5.74, 6) is -0.565. The van der Waals surface area contributed by atoms with Gasteiger partial charge in [0.05, 0.1) is 28.6 Å². The van der Waals surface area contributed by atoms with Crippen molar-refractivity contribution in [3.05, 3.63) is 112 Å². The minimum atomic E-state index is -1.13. The molecule has 0 amide bonds. The minimum absolute atomic E-state index is 0.0543. The molecule has 9 nitrogen and oxygen atoms in total. The largest absolute Gasteiger partial charge is 0.461 e. The van der Waals surface area contributed by atoms with Gasteiger partial charge in [-0.05, 0) is 67.2 Å². The first-order chi connectivity index (χ1) is 17.9. The lowest BCUT2D eigenvalue weighted by atomic mass is 10.1. The van der Waals surface area contributed by atoms with E-state index in [0.29, 0.717) is 16.4 Å². The zero-order chi connectivity index (χ0) is 26.0. The monoisotopic (exact) mass is 533 g/mol. The molecule has 1 atom stereocenters. The molecule has 2 aliphatic heterocycles. The third kappa shape index (κ3) is 4.68. The van der Waals surface area contributed by atoms with Crippen molar-refractivity contribution in [2.45, 2.75) is 11.9 Å². The highest BCUT2D eigenvalue weighted by molar-refractivity contribution is 8.17. The molecular formula is C26H20ClN5O4S. The van der Waals surface area contributed by atoms with E-state index in [1.54, 1.807) is 41.2 Å². The van der Waals surface area contributed by atoms with Crippen molar-refractivity contribution in [1.82, 2.24) is 0 Å². The standard InChI is InChI=1S/C26H20ClN5O4S/c1-2-36-25(33)24-29-31(21-12-14-22(15-13-21)32(34)35)26(37-24)17-16-23(18-8-10-19(27)11-9-18)28-30(26)20-6-4-3-5-7-20/h3-17H,2H2,1H3. The number of rotatable bonds is 6. The number of carbonyl (C=O) groups excluding carboxylic acids is 1. The number of hydrogen-bond acceptors (Lipinski definition) is 9. The van der Waals surface area contributed by atoms with Crippen molar-refractivity contribution in [2.75, 3.05) is 16.6 Å². The first kappa shape index (κ1) is 24.5.